The summed E-state index contributed by atoms with van der Waals surface area (Å²) in [6.45, 7) is 7.40. The minimum Gasteiger partial charge on any atom is -0.492 e. The van der Waals surface area contributed by atoms with Crippen molar-refractivity contribution in [3.05, 3.63) is 29.8 Å². The van der Waals surface area contributed by atoms with E-state index in [1.54, 1.807) is 0 Å². The summed E-state index contributed by atoms with van der Waals surface area (Å²) >= 11 is 0. The van der Waals surface area contributed by atoms with Gasteiger partial charge < -0.3 is 15.2 Å². The first-order valence-electron chi connectivity index (χ1n) is 7.08. The monoisotopic (exact) mass is 264 g/mol. The standard InChI is InChI=1S/C15H24N2O2/c1-2-14(16)13-5-3-4-6-15(13)19-12-9-17-7-10-18-11-8-17/h3-6,14H,2,7-12,16H2,1H3. The van der Waals surface area contributed by atoms with Crippen molar-refractivity contribution in [2.45, 2.75) is 19.4 Å². The number of benzene rings is 1. The molecule has 0 amide bonds. The molecular formula is C15H24N2O2. The van der Waals surface area contributed by atoms with Gasteiger partial charge in [-0.25, -0.2) is 0 Å². The van der Waals surface area contributed by atoms with Crippen molar-refractivity contribution in [1.29, 1.82) is 0 Å². The highest BCUT2D eigenvalue weighted by atomic mass is 16.5. The number of hydrogen-bond acceptors (Lipinski definition) is 4. The van der Waals surface area contributed by atoms with Gasteiger partial charge in [0.2, 0.25) is 0 Å². The Labute approximate surface area is 115 Å². The van der Waals surface area contributed by atoms with Crippen LogP contribution in [0.3, 0.4) is 0 Å². The molecule has 1 saturated heterocycles. The van der Waals surface area contributed by atoms with Gasteiger partial charge >= 0.3 is 0 Å². The Morgan fingerprint density at radius 2 is 2.05 bits per heavy atom. The van der Waals surface area contributed by atoms with E-state index in [1.807, 2.05) is 18.2 Å². The lowest BCUT2D eigenvalue weighted by Gasteiger charge is -2.26. The molecule has 1 aromatic carbocycles. The van der Waals surface area contributed by atoms with Crippen LogP contribution in [0, 0.1) is 0 Å². The SMILES string of the molecule is CCC(N)c1ccccc1OCCN1CCOCC1. The van der Waals surface area contributed by atoms with Gasteiger partial charge in [0.05, 0.1) is 13.2 Å². The molecule has 0 aliphatic carbocycles. The highest BCUT2D eigenvalue weighted by molar-refractivity contribution is 5.35. The van der Waals surface area contributed by atoms with Crippen LogP contribution >= 0.6 is 0 Å². The Balaban J connectivity index is 1.84. The van der Waals surface area contributed by atoms with Crippen molar-refractivity contribution < 1.29 is 9.47 Å². The largest absolute Gasteiger partial charge is 0.492 e. The van der Waals surface area contributed by atoms with Crippen LogP contribution in [0.15, 0.2) is 24.3 Å². The maximum atomic E-state index is 6.10. The molecule has 1 heterocycles. The second-order valence-electron chi connectivity index (χ2n) is 4.86. The second-order valence-corrected chi connectivity index (χ2v) is 4.86. The molecule has 0 spiro atoms. The fraction of sp³-hybridized carbons (Fsp3) is 0.600. The van der Waals surface area contributed by atoms with E-state index in [4.69, 9.17) is 15.2 Å². The first kappa shape index (κ1) is 14.3. The smallest absolute Gasteiger partial charge is 0.124 e. The quantitative estimate of drug-likeness (QED) is 0.851. The molecule has 2 rings (SSSR count). The third-order valence-corrected chi connectivity index (χ3v) is 3.53. The number of nitrogens with two attached hydrogens (primary N) is 1. The predicted molar refractivity (Wildman–Crippen MR) is 76.4 cm³/mol. The van der Waals surface area contributed by atoms with Gasteiger partial charge in [-0.2, -0.15) is 0 Å². The zero-order valence-electron chi connectivity index (χ0n) is 11.7. The first-order chi connectivity index (χ1) is 9.31. The Bertz CT molecular complexity index is 378. The van der Waals surface area contributed by atoms with Gasteiger partial charge in [-0.15, -0.1) is 0 Å². The molecule has 1 unspecified atom stereocenters. The molecular weight excluding hydrogens is 240 g/mol. The van der Waals surface area contributed by atoms with Gasteiger partial charge in [-0.3, -0.25) is 4.90 Å². The van der Waals surface area contributed by atoms with Crippen molar-refractivity contribution in [3.8, 4) is 5.75 Å². The van der Waals surface area contributed by atoms with E-state index in [2.05, 4.69) is 17.9 Å². The fourth-order valence-corrected chi connectivity index (χ4v) is 2.25. The maximum Gasteiger partial charge on any atom is 0.124 e. The van der Waals surface area contributed by atoms with Crippen LogP contribution in [-0.2, 0) is 4.74 Å². The van der Waals surface area contributed by atoms with Gasteiger partial charge in [0.1, 0.15) is 12.4 Å². The predicted octanol–water partition coefficient (Wildman–Crippen LogP) is 1.81. The second kappa shape index (κ2) is 7.48. The molecule has 0 aromatic heterocycles. The van der Waals surface area contributed by atoms with Crippen LogP contribution in [0.4, 0.5) is 0 Å². The number of ether oxygens (including phenoxy) is 2. The van der Waals surface area contributed by atoms with Gasteiger partial charge in [-0.1, -0.05) is 25.1 Å². The minimum absolute atomic E-state index is 0.0552. The van der Waals surface area contributed by atoms with Crippen LogP contribution in [0.5, 0.6) is 5.75 Å². The van der Waals surface area contributed by atoms with Crippen LogP contribution in [0.25, 0.3) is 0 Å². The highest BCUT2D eigenvalue weighted by Gasteiger charge is 2.12. The van der Waals surface area contributed by atoms with Crippen molar-refractivity contribution in [2.24, 2.45) is 5.73 Å². The van der Waals surface area contributed by atoms with E-state index >= 15 is 0 Å². The summed E-state index contributed by atoms with van der Waals surface area (Å²) in [6, 6.07) is 8.12. The summed E-state index contributed by atoms with van der Waals surface area (Å²) < 4.78 is 11.2. The molecule has 1 aliphatic heterocycles. The Morgan fingerprint density at radius 1 is 1.32 bits per heavy atom. The molecule has 19 heavy (non-hydrogen) atoms. The Kier molecular flexibility index (Phi) is 5.63. The number of nitrogens with zero attached hydrogens (tertiary/aromatic N) is 1. The van der Waals surface area contributed by atoms with Gasteiger partial charge in [0, 0.05) is 31.2 Å². The molecule has 0 bridgehead atoms. The van der Waals surface area contributed by atoms with Crippen molar-refractivity contribution >= 4 is 0 Å². The Morgan fingerprint density at radius 3 is 2.79 bits per heavy atom. The van der Waals surface area contributed by atoms with Gasteiger partial charge in [0.25, 0.3) is 0 Å². The molecule has 1 aliphatic rings. The van der Waals surface area contributed by atoms with Crippen LogP contribution in [0.2, 0.25) is 0 Å². The molecule has 106 valence electrons. The molecule has 0 saturated carbocycles. The molecule has 1 fully saturated rings. The fourth-order valence-electron chi connectivity index (χ4n) is 2.25. The number of para-hydroxylation sites is 1. The maximum absolute atomic E-state index is 6.10. The zero-order chi connectivity index (χ0) is 13.5. The van der Waals surface area contributed by atoms with E-state index in [0.29, 0.717) is 6.61 Å². The average molecular weight is 264 g/mol. The third kappa shape index (κ3) is 4.20. The molecule has 0 radical (unpaired) electrons. The van der Waals surface area contributed by atoms with E-state index in [0.717, 1.165) is 50.6 Å². The van der Waals surface area contributed by atoms with E-state index in [-0.39, 0.29) is 6.04 Å². The van der Waals surface area contributed by atoms with Crippen LogP contribution < -0.4 is 10.5 Å². The van der Waals surface area contributed by atoms with E-state index in [1.165, 1.54) is 0 Å². The molecule has 4 heteroatoms. The lowest BCUT2D eigenvalue weighted by atomic mass is 10.0. The molecule has 1 atom stereocenters. The van der Waals surface area contributed by atoms with Crippen LogP contribution in [0.1, 0.15) is 24.9 Å². The molecule has 4 nitrogen and oxygen atoms in total. The molecule has 1 aromatic rings. The third-order valence-electron chi connectivity index (χ3n) is 3.53. The van der Waals surface area contributed by atoms with Crippen LogP contribution in [-0.4, -0.2) is 44.4 Å². The normalized spacial score (nSPS) is 18.2. The summed E-state index contributed by atoms with van der Waals surface area (Å²) in [5.41, 5.74) is 7.21. The Hall–Kier alpha value is -1.10. The number of hydrogen-bond donors (Lipinski definition) is 1. The number of rotatable bonds is 6. The zero-order valence-corrected chi connectivity index (χ0v) is 11.7. The summed E-state index contributed by atoms with van der Waals surface area (Å²) in [6.07, 6.45) is 0.920. The highest BCUT2D eigenvalue weighted by Crippen LogP contribution is 2.25. The summed E-state index contributed by atoms with van der Waals surface area (Å²) in [5, 5.41) is 0. The van der Waals surface area contributed by atoms with Crippen molar-refractivity contribution in [2.75, 3.05) is 39.5 Å². The lowest BCUT2D eigenvalue weighted by molar-refractivity contribution is 0.0322. The van der Waals surface area contributed by atoms with Crippen molar-refractivity contribution in [1.82, 2.24) is 4.90 Å². The summed E-state index contributed by atoms with van der Waals surface area (Å²) in [4.78, 5) is 2.37. The average Bonchev–Trinajstić information content (AvgIpc) is 2.48. The first-order valence-corrected chi connectivity index (χ1v) is 7.08. The molecule has 2 N–H and O–H groups in total. The summed E-state index contributed by atoms with van der Waals surface area (Å²) in [7, 11) is 0. The minimum atomic E-state index is 0.0552. The van der Waals surface area contributed by atoms with E-state index in [9.17, 15) is 0 Å². The van der Waals surface area contributed by atoms with Gasteiger partial charge in [0.15, 0.2) is 0 Å². The lowest BCUT2D eigenvalue weighted by Crippen LogP contribution is -2.38. The van der Waals surface area contributed by atoms with E-state index < -0.39 is 0 Å². The summed E-state index contributed by atoms with van der Waals surface area (Å²) in [5.74, 6) is 0.921. The number of morpholine rings is 1. The van der Waals surface area contributed by atoms with Crippen molar-refractivity contribution in [3.63, 3.8) is 0 Å². The topological polar surface area (TPSA) is 47.7 Å². The van der Waals surface area contributed by atoms with Gasteiger partial charge in [-0.05, 0) is 12.5 Å².